The van der Waals surface area contributed by atoms with E-state index < -0.39 is 23.9 Å². The fourth-order valence-electron chi connectivity index (χ4n) is 0.691. The van der Waals surface area contributed by atoms with Gasteiger partial charge in [-0.25, -0.2) is 19.2 Å². The summed E-state index contributed by atoms with van der Waals surface area (Å²) in [6.45, 7) is 0.983. The molecule has 0 aliphatic carbocycles. The molecular weight excluding hydrogens is 314 g/mol. The maximum absolute atomic E-state index is 9.55. The Morgan fingerprint density at radius 3 is 1.17 bits per heavy atom. The molecule has 128 valence electrons. The van der Waals surface area contributed by atoms with Crippen LogP contribution in [0.4, 0.5) is 0 Å². The summed E-state index contributed by atoms with van der Waals surface area (Å²) in [6, 6.07) is 0. The molecule has 0 spiro atoms. The van der Waals surface area contributed by atoms with Gasteiger partial charge in [-0.1, -0.05) is 12.2 Å². The van der Waals surface area contributed by atoms with E-state index in [-0.39, 0.29) is 5.48 Å². The molecule has 10 heteroatoms. The highest BCUT2D eigenvalue weighted by Gasteiger charge is 1.88. The van der Waals surface area contributed by atoms with E-state index in [0.717, 1.165) is 6.54 Å². The van der Waals surface area contributed by atoms with Crippen LogP contribution in [-0.4, -0.2) is 56.3 Å². The molecule has 1 rings (SSSR count). The number of hydrogen-bond acceptors (Lipinski definition) is 5. The number of carboxylic acid groups (broad SMARTS) is 4. The van der Waals surface area contributed by atoms with Crippen molar-refractivity contribution < 1.29 is 45.1 Å². The summed E-state index contributed by atoms with van der Waals surface area (Å²) in [6.07, 6.45) is 10.2. The molecule has 0 atom stereocenters. The summed E-state index contributed by atoms with van der Waals surface area (Å²) in [5, 5.41) is 34.3. The maximum atomic E-state index is 9.55. The molecule has 0 fully saturated rings. The van der Waals surface area contributed by atoms with Gasteiger partial charge in [-0.15, -0.1) is 0 Å². The first-order valence-corrected chi connectivity index (χ1v) is 5.58. The quantitative estimate of drug-likeness (QED) is 0.412. The Labute approximate surface area is 130 Å². The van der Waals surface area contributed by atoms with Gasteiger partial charge in [0, 0.05) is 30.8 Å². The van der Waals surface area contributed by atoms with Gasteiger partial charge in [0.1, 0.15) is 0 Å². The summed E-state index contributed by atoms with van der Waals surface area (Å²) < 4.78 is 0. The lowest BCUT2D eigenvalue weighted by Gasteiger charge is -1.94. The smallest absolute Gasteiger partial charge is 0.328 e. The monoisotopic (exact) mass is 331 g/mol. The summed E-state index contributed by atoms with van der Waals surface area (Å²) in [5.74, 6) is -5.03. The van der Waals surface area contributed by atoms with Crippen LogP contribution in [0.1, 0.15) is 0 Å². The number of hydrogen-bond donors (Lipinski definition) is 5. The zero-order valence-electron chi connectivity index (χ0n) is 11.7. The Balaban J connectivity index is -0.000000257. The highest BCUT2D eigenvalue weighted by molar-refractivity contribution is 5.90. The van der Waals surface area contributed by atoms with Crippen molar-refractivity contribution in [1.82, 2.24) is 5.32 Å². The molecule has 0 saturated heterocycles. The topological polar surface area (TPSA) is 193 Å². The Bertz CT molecular complexity index is 426. The lowest BCUT2D eigenvalue weighted by molar-refractivity contribution is -0.134. The SMILES string of the molecule is C1=CCNC=C1.O.O=C(O)/C=C/C(=O)O.O=C(O)/C=C/C(=O)O. The summed E-state index contributed by atoms with van der Waals surface area (Å²) >= 11 is 0. The minimum absolute atomic E-state index is 0. The number of allylic oxidation sites excluding steroid dienone is 2. The van der Waals surface area contributed by atoms with Gasteiger partial charge in [-0.3, -0.25) is 0 Å². The van der Waals surface area contributed by atoms with Crippen molar-refractivity contribution in [3.8, 4) is 0 Å². The van der Waals surface area contributed by atoms with Gasteiger partial charge in [0.2, 0.25) is 0 Å². The molecule has 0 aromatic carbocycles. The van der Waals surface area contributed by atoms with E-state index in [1.165, 1.54) is 0 Å². The van der Waals surface area contributed by atoms with E-state index in [2.05, 4.69) is 11.4 Å². The third-order valence-electron chi connectivity index (χ3n) is 1.43. The van der Waals surface area contributed by atoms with Crippen LogP contribution in [0.2, 0.25) is 0 Å². The van der Waals surface area contributed by atoms with Crippen molar-refractivity contribution >= 4 is 23.9 Å². The van der Waals surface area contributed by atoms with Crippen molar-refractivity contribution in [1.29, 1.82) is 0 Å². The van der Waals surface area contributed by atoms with Crippen molar-refractivity contribution in [2.75, 3.05) is 6.54 Å². The van der Waals surface area contributed by atoms with Gasteiger partial charge in [0.15, 0.2) is 0 Å². The third-order valence-corrected chi connectivity index (χ3v) is 1.43. The van der Waals surface area contributed by atoms with Gasteiger partial charge in [-0.2, -0.15) is 0 Å². The molecule has 0 amide bonds. The highest BCUT2D eigenvalue weighted by Crippen LogP contribution is 1.78. The number of aliphatic carboxylic acids is 4. The van der Waals surface area contributed by atoms with Crippen molar-refractivity contribution in [2.24, 2.45) is 0 Å². The van der Waals surface area contributed by atoms with Gasteiger partial charge in [0.25, 0.3) is 0 Å². The number of carboxylic acids is 4. The Hall–Kier alpha value is -3.40. The second-order valence-corrected chi connectivity index (χ2v) is 3.22. The van der Waals surface area contributed by atoms with E-state index in [9.17, 15) is 19.2 Å². The third kappa shape index (κ3) is 32.3. The lowest BCUT2D eigenvalue weighted by atomic mass is 10.4. The molecule has 0 aromatic heterocycles. The van der Waals surface area contributed by atoms with Crippen molar-refractivity contribution in [3.05, 3.63) is 48.7 Å². The molecule has 0 aromatic rings. The van der Waals surface area contributed by atoms with E-state index in [1.54, 1.807) is 0 Å². The molecular formula is C13H17NO9. The molecule has 0 unspecified atom stereocenters. The Morgan fingerprint density at radius 1 is 0.739 bits per heavy atom. The van der Waals surface area contributed by atoms with Gasteiger partial charge < -0.3 is 31.2 Å². The summed E-state index contributed by atoms with van der Waals surface area (Å²) in [5.41, 5.74) is 0. The molecule has 0 saturated carbocycles. The van der Waals surface area contributed by atoms with E-state index >= 15 is 0 Å². The lowest BCUT2D eigenvalue weighted by Crippen LogP contribution is -2.05. The Kier molecular flexibility index (Phi) is 17.8. The molecule has 1 aliphatic rings. The molecule has 1 aliphatic heterocycles. The first kappa shape index (κ1) is 24.6. The molecule has 23 heavy (non-hydrogen) atoms. The fraction of sp³-hybridized carbons (Fsp3) is 0.0769. The normalized spacial score (nSPS) is 11.1. The predicted molar refractivity (Wildman–Crippen MR) is 78.7 cm³/mol. The van der Waals surface area contributed by atoms with Gasteiger partial charge in [-0.05, 0) is 12.3 Å². The largest absolute Gasteiger partial charge is 0.478 e. The van der Waals surface area contributed by atoms with Crippen LogP contribution >= 0.6 is 0 Å². The summed E-state index contributed by atoms with van der Waals surface area (Å²) in [7, 11) is 0. The van der Waals surface area contributed by atoms with E-state index in [4.69, 9.17) is 20.4 Å². The van der Waals surface area contributed by atoms with Crippen LogP contribution in [0.25, 0.3) is 0 Å². The van der Waals surface area contributed by atoms with Crippen molar-refractivity contribution in [3.63, 3.8) is 0 Å². The molecule has 0 bridgehead atoms. The number of carbonyl (C=O) groups is 4. The van der Waals surface area contributed by atoms with Gasteiger partial charge >= 0.3 is 23.9 Å². The highest BCUT2D eigenvalue weighted by atomic mass is 16.4. The minimum atomic E-state index is -1.26. The Morgan fingerprint density at radius 2 is 1.09 bits per heavy atom. The summed E-state index contributed by atoms with van der Waals surface area (Å²) in [4.78, 5) is 38.2. The second-order valence-electron chi connectivity index (χ2n) is 3.22. The average Bonchev–Trinajstić information content (AvgIpc) is 2.46. The van der Waals surface area contributed by atoms with Crippen LogP contribution in [-0.2, 0) is 19.2 Å². The molecule has 7 N–H and O–H groups in total. The van der Waals surface area contributed by atoms with Crippen molar-refractivity contribution in [2.45, 2.75) is 0 Å². The minimum Gasteiger partial charge on any atom is -0.478 e. The van der Waals surface area contributed by atoms with E-state index in [1.807, 2.05) is 18.4 Å². The average molecular weight is 331 g/mol. The van der Waals surface area contributed by atoms with Crippen LogP contribution in [0.5, 0.6) is 0 Å². The molecule has 1 heterocycles. The standard InChI is InChI=1S/C5H7N.2C4H4O4.H2O/c1-2-4-6-5-3-1;2*5-3(6)1-2-4(7)8;/h1-4,6H,5H2;2*1-2H,(H,5,6)(H,7,8);1H2/b;2*2-1+;. The molecule has 0 radical (unpaired) electrons. The van der Waals surface area contributed by atoms with Crippen LogP contribution in [0, 0.1) is 0 Å². The van der Waals surface area contributed by atoms with E-state index in [0.29, 0.717) is 24.3 Å². The number of rotatable bonds is 4. The molecule has 10 nitrogen and oxygen atoms in total. The zero-order chi connectivity index (χ0) is 17.4. The van der Waals surface area contributed by atoms with Crippen LogP contribution < -0.4 is 5.32 Å². The predicted octanol–water partition coefficient (Wildman–Crippen LogP) is -0.742. The van der Waals surface area contributed by atoms with Gasteiger partial charge in [0.05, 0.1) is 0 Å². The van der Waals surface area contributed by atoms with Crippen LogP contribution in [0.15, 0.2) is 48.7 Å². The fourth-order valence-corrected chi connectivity index (χ4v) is 0.691. The first-order chi connectivity index (χ1) is 10.3. The van der Waals surface area contributed by atoms with Crippen LogP contribution in [0.3, 0.4) is 0 Å². The maximum Gasteiger partial charge on any atom is 0.328 e. The number of dihydropyridines is 1. The second kappa shape index (κ2) is 16.7. The zero-order valence-corrected chi connectivity index (χ0v) is 11.7. The first-order valence-electron chi connectivity index (χ1n) is 5.58. The number of nitrogens with one attached hydrogen (secondary N) is 1.